The molecule has 98 valence electrons. The first-order chi connectivity index (χ1) is 7.93. The number of hydrogen-bond donors (Lipinski definition) is 2. The lowest BCUT2D eigenvalue weighted by Gasteiger charge is -2.34. The third-order valence-electron chi connectivity index (χ3n) is 3.37. The van der Waals surface area contributed by atoms with E-state index in [1.165, 1.54) is 4.90 Å². The Morgan fingerprint density at radius 2 is 2.06 bits per heavy atom. The molecule has 5 heteroatoms. The van der Waals surface area contributed by atoms with Crippen LogP contribution >= 0.6 is 0 Å². The van der Waals surface area contributed by atoms with Gasteiger partial charge in [-0.2, -0.15) is 0 Å². The molecule has 1 unspecified atom stereocenters. The number of aliphatic carboxylic acids is 1. The van der Waals surface area contributed by atoms with E-state index in [1.807, 2.05) is 13.8 Å². The van der Waals surface area contributed by atoms with Crippen molar-refractivity contribution in [3.05, 3.63) is 0 Å². The number of carboxylic acid groups (broad SMARTS) is 1. The minimum atomic E-state index is -0.906. The van der Waals surface area contributed by atoms with Crippen LogP contribution in [-0.4, -0.2) is 40.5 Å². The summed E-state index contributed by atoms with van der Waals surface area (Å²) in [6.07, 6.45) is 2.54. The molecule has 1 saturated heterocycles. The maximum Gasteiger partial charge on any atom is 0.326 e. The first-order valence-corrected chi connectivity index (χ1v) is 6.21. The fourth-order valence-electron chi connectivity index (χ4n) is 2.04. The van der Waals surface area contributed by atoms with E-state index in [0.717, 1.165) is 12.8 Å². The summed E-state index contributed by atoms with van der Waals surface area (Å²) < 4.78 is 0. The monoisotopic (exact) mass is 242 g/mol. The smallest absolute Gasteiger partial charge is 0.326 e. The molecule has 5 nitrogen and oxygen atoms in total. The summed E-state index contributed by atoms with van der Waals surface area (Å²) in [5.41, 5.74) is 5.85. The normalized spacial score (nSPS) is 22.6. The van der Waals surface area contributed by atoms with Crippen LogP contribution in [0.4, 0.5) is 0 Å². The van der Waals surface area contributed by atoms with Gasteiger partial charge in [-0.15, -0.1) is 0 Å². The third kappa shape index (κ3) is 3.70. The lowest BCUT2D eigenvalue weighted by atomic mass is 9.98. The van der Waals surface area contributed by atoms with E-state index in [0.29, 0.717) is 13.0 Å². The molecule has 1 aliphatic rings. The van der Waals surface area contributed by atoms with Crippen LogP contribution < -0.4 is 5.73 Å². The van der Waals surface area contributed by atoms with Crippen LogP contribution in [0.15, 0.2) is 0 Å². The molecule has 1 rings (SSSR count). The summed E-state index contributed by atoms with van der Waals surface area (Å²) in [5, 5.41) is 9.08. The van der Waals surface area contributed by atoms with Crippen LogP contribution in [0.3, 0.4) is 0 Å². The maximum absolute atomic E-state index is 12.0. The second-order valence-electron chi connectivity index (χ2n) is 5.05. The van der Waals surface area contributed by atoms with Crippen molar-refractivity contribution in [2.75, 3.05) is 6.54 Å². The number of likely N-dealkylation sites (tertiary alicyclic amines) is 1. The number of nitrogens with two attached hydrogens (primary N) is 1. The van der Waals surface area contributed by atoms with Crippen LogP contribution in [-0.2, 0) is 9.59 Å². The molecular formula is C12H22N2O3. The van der Waals surface area contributed by atoms with Crippen molar-refractivity contribution in [1.82, 2.24) is 4.90 Å². The standard InChI is InChI=1S/C12H22N2O3/c1-8(2)9(13)7-11(15)14-6-4-3-5-10(14)12(16)17/h8-10H,3-7,13H2,1-2H3,(H,16,17)/t9?,10-/m0/s1. The number of nitrogens with zero attached hydrogens (tertiary/aromatic N) is 1. The topological polar surface area (TPSA) is 83.6 Å². The van der Waals surface area contributed by atoms with Crippen molar-refractivity contribution in [2.45, 2.75) is 51.6 Å². The summed E-state index contributed by atoms with van der Waals surface area (Å²) in [6.45, 7) is 4.46. The van der Waals surface area contributed by atoms with E-state index in [4.69, 9.17) is 10.8 Å². The zero-order chi connectivity index (χ0) is 13.0. The fraction of sp³-hybridized carbons (Fsp3) is 0.833. The highest BCUT2D eigenvalue weighted by atomic mass is 16.4. The van der Waals surface area contributed by atoms with Crippen molar-refractivity contribution < 1.29 is 14.7 Å². The number of hydrogen-bond acceptors (Lipinski definition) is 3. The molecule has 0 bridgehead atoms. The maximum atomic E-state index is 12.0. The minimum absolute atomic E-state index is 0.127. The molecule has 0 aromatic carbocycles. The SMILES string of the molecule is CC(C)C(N)CC(=O)N1CCCC[C@H]1C(=O)O. The molecule has 17 heavy (non-hydrogen) atoms. The number of carbonyl (C=O) groups excluding carboxylic acids is 1. The zero-order valence-electron chi connectivity index (χ0n) is 10.6. The van der Waals surface area contributed by atoms with Crippen molar-refractivity contribution >= 4 is 11.9 Å². The van der Waals surface area contributed by atoms with Gasteiger partial charge < -0.3 is 15.7 Å². The second kappa shape index (κ2) is 6.00. The van der Waals surface area contributed by atoms with Gasteiger partial charge in [-0.1, -0.05) is 13.8 Å². The Kier molecular flexibility index (Phi) is 4.93. The van der Waals surface area contributed by atoms with Crippen LogP contribution in [0, 0.1) is 5.92 Å². The first kappa shape index (κ1) is 14.0. The summed E-state index contributed by atoms with van der Waals surface area (Å²) in [4.78, 5) is 24.6. The zero-order valence-corrected chi connectivity index (χ0v) is 10.6. The molecule has 1 heterocycles. The van der Waals surface area contributed by atoms with E-state index in [2.05, 4.69) is 0 Å². The molecular weight excluding hydrogens is 220 g/mol. The van der Waals surface area contributed by atoms with Gasteiger partial charge in [0.05, 0.1) is 0 Å². The lowest BCUT2D eigenvalue weighted by Crippen LogP contribution is -2.49. The molecule has 0 spiro atoms. The van der Waals surface area contributed by atoms with Crippen LogP contribution in [0.2, 0.25) is 0 Å². The number of carboxylic acids is 1. The molecule has 1 fully saturated rings. The van der Waals surface area contributed by atoms with Gasteiger partial charge in [-0.3, -0.25) is 4.79 Å². The number of piperidine rings is 1. The summed E-state index contributed by atoms with van der Waals surface area (Å²) >= 11 is 0. The van der Waals surface area contributed by atoms with E-state index in [-0.39, 0.29) is 24.3 Å². The summed E-state index contributed by atoms with van der Waals surface area (Å²) in [6, 6.07) is -0.852. The first-order valence-electron chi connectivity index (χ1n) is 6.21. The molecule has 3 N–H and O–H groups in total. The summed E-state index contributed by atoms with van der Waals surface area (Å²) in [5.74, 6) is -0.804. The average Bonchev–Trinajstić information content (AvgIpc) is 2.28. The molecule has 1 aliphatic heterocycles. The molecule has 0 radical (unpaired) electrons. The Hall–Kier alpha value is -1.10. The quantitative estimate of drug-likeness (QED) is 0.764. The van der Waals surface area contributed by atoms with Gasteiger partial charge >= 0.3 is 5.97 Å². The second-order valence-corrected chi connectivity index (χ2v) is 5.05. The van der Waals surface area contributed by atoms with Gasteiger partial charge in [0, 0.05) is 19.0 Å². The van der Waals surface area contributed by atoms with Crippen molar-refractivity contribution in [2.24, 2.45) is 11.7 Å². The van der Waals surface area contributed by atoms with Gasteiger partial charge in [0.15, 0.2) is 0 Å². The molecule has 0 aromatic rings. The molecule has 0 aromatic heterocycles. The highest BCUT2D eigenvalue weighted by Gasteiger charge is 2.32. The predicted molar refractivity (Wildman–Crippen MR) is 64.4 cm³/mol. The minimum Gasteiger partial charge on any atom is -0.480 e. The Labute approximate surface area is 102 Å². The van der Waals surface area contributed by atoms with Crippen molar-refractivity contribution in [3.8, 4) is 0 Å². The van der Waals surface area contributed by atoms with E-state index >= 15 is 0 Å². The van der Waals surface area contributed by atoms with Gasteiger partial charge in [0.25, 0.3) is 0 Å². The Bertz CT molecular complexity index is 291. The number of amides is 1. The van der Waals surface area contributed by atoms with Crippen LogP contribution in [0.5, 0.6) is 0 Å². The van der Waals surface area contributed by atoms with Gasteiger partial charge in [-0.05, 0) is 25.2 Å². The van der Waals surface area contributed by atoms with Gasteiger partial charge in [-0.25, -0.2) is 4.79 Å². The van der Waals surface area contributed by atoms with Crippen molar-refractivity contribution in [3.63, 3.8) is 0 Å². The Morgan fingerprint density at radius 3 is 2.59 bits per heavy atom. The number of carbonyl (C=O) groups is 2. The Morgan fingerprint density at radius 1 is 1.41 bits per heavy atom. The largest absolute Gasteiger partial charge is 0.480 e. The van der Waals surface area contributed by atoms with Crippen LogP contribution in [0.1, 0.15) is 39.5 Å². The van der Waals surface area contributed by atoms with E-state index in [9.17, 15) is 9.59 Å². The molecule has 1 amide bonds. The summed E-state index contributed by atoms with van der Waals surface area (Å²) in [7, 11) is 0. The fourth-order valence-corrected chi connectivity index (χ4v) is 2.04. The predicted octanol–water partition coefficient (Wildman–Crippen LogP) is 0.825. The lowest BCUT2D eigenvalue weighted by molar-refractivity contribution is -0.152. The van der Waals surface area contributed by atoms with Crippen LogP contribution in [0.25, 0.3) is 0 Å². The highest BCUT2D eigenvalue weighted by Crippen LogP contribution is 2.19. The average molecular weight is 242 g/mol. The van der Waals surface area contributed by atoms with Gasteiger partial charge in [0.1, 0.15) is 6.04 Å². The highest BCUT2D eigenvalue weighted by molar-refractivity contribution is 5.84. The van der Waals surface area contributed by atoms with E-state index in [1.54, 1.807) is 0 Å². The van der Waals surface area contributed by atoms with Crippen molar-refractivity contribution in [1.29, 1.82) is 0 Å². The van der Waals surface area contributed by atoms with E-state index < -0.39 is 12.0 Å². The molecule has 0 saturated carbocycles. The molecule has 0 aliphatic carbocycles. The van der Waals surface area contributed by atoms with Gasteiger partial charge in [0.2, 0.25) is 5.91 Å². The molecule has 2 atom stereocenters. The number of rotatable bonds is 4. The third-order valence-corrected chi connectivity index (χ3v) is 3.37. The Balaban J connectivity index is 2.62.